The number of nitrogens with zero attached hydrogens (tertiary/aromatic N) is 3. The Morgan fingerprint density at radius 1 is 1.50 bits per heavy atom. The number of anilines is 1. The van der Waals surface area contributed by atoms with Gasteiger partial charge >= 0.3 is 0 Å². The second-order valence-corrected chi connectivity index (χ2v) is 5.00. The van der Waals surface area contributed by atoms with Crippen LogP contribution < -0.4 is 15.8 Å². The second kappa shape index (κ2) is 5.52. The first-order valence-electron chi connectivity index (χ1n) is 6.60. The average Bonchev–Trinajstić information content (AvgIpc) is 2.41. The minimum atomic E-state index is -0.00676. The van der Waals surface area contributed by atoms with Crippen LogP contribution in [0.2, 0.25) is 0 Å². The van der Waals surface area contributed by atoms with Gasteiger partial charge in [-0.25, -0.2) is 4.98 Å². The lowest BCUT2D eigenvalue weighted by atomic mass is 9.96. The van der Waals surface area contributed by atoms with Gasteiger partial charge in [0, 0.05) is 38.1 Å². The van der Waals surface area contributed by atoms with Crippen LogP contribution in [0.1, 0.15) is 26.2 Å². The summed E-state index contributed by atoms with van der Waals surface area (Å²) in [6.07, 6.45) is 6.87. The van der Waals surface area contributed by atoms with Gasteiger partial charge in [-0.05, 0) is 33.2 Å². The first-order valence-corrected chi connectivity index (χ1v) is 6.60. The maximum Gasteiger partial charge on any atom is 0.293 e. The summed E-state index contributed by atoms with van der Waals surface area (Å²) in [5.74, 6) is 0.590. The quantitative estimate of drug-likeness (QED) is 0.860. The molecule has 1 aliphatic rings. The lowest BCUT2D eigenvalue weighted by Crippen LogP contribution is -2.52. The molecule has 0 amide bonds. The van der Waals surface area contributed by atoms with Crippen molar-refractivity contribution in [3.63, 3.8) is 0 Å². The van der Waals surface area contributed by atoms with Crippen LogP contribution in [0.3, 0.4) is 0 Å². The third-order valence-corrected chi connectivity index (χ3v) is 3.85. The van der Waals surface area contributed by atoms with Crippen LogP contribution in [0.5, 0.6) is 0 Å². The normalized spacial score (nSPS) is 21.9. The summed E-state index contributed by atoms with van der Waals surface area (Å²) in [6, 6.07) is 0.711. The zero-order chi connectivity index (χ0) is 13.1. The van der Waals surface area contributed by atoms with Crippen LogP contribution in [0, 0.1) is 0 Å². The van der Waals surface area contributed by atoms with Gasteiger partial charge in [0.15, 0.2) is 5.82 Å². The Morgan fingerprint density at radius 2 is 2.28 bits per heavy atom. The van der Waals surface area contributed by atoms with Crippen LogP contribution >= 0.6 is 0 Å². The summed E-state index contributed by atoms with van der Waals surface area (Å²) < 4.78 is 1.60. The summed E-state index contributed by atoms with van der Waals surface area (Å²) in [6.45, 7) is 3.08. The van der Waals surface area contributed by atoms with E-state index in [0.717, 1.165) is 19.4 Å². The highest BCUT2D eigenvalue weighted by atomic mass is 16.1. The van der Waals surface area contributed by atoms with Crippen molar-refractivity contribution in [2.45, 2.75) is 38.3 Å². The molecule has 0 saturated carbocycles. The minimum Gasteiger partial charge on any atom is -0.347 e. The van der Waals surface area contributed by atoms with E-state index in [1.807, 2.05) is 7.05 Å². The monoisotopic (exact) mass is 250 g/mol. The van der Waals surface area contributed by atoms with E-state index in [4.69, 9.17) is 0 Å². The Bertz CT molecular complexity index is 457. The van der Waals surface area contributed by atoms with E-state index in [1.165, 1.54) is 6.42 Å². The lowest BCUT2D eigenvalue weighted by Gasteiger charge is -2.39. The lowest BCUT2D eigenvalue weighted by molar-refractivity contribution is 0.379. The van der Waals surface area contributed by atoms with Crippen molar-refractivity contribution in [2.75, 3.05) is 18.5 Å². The van der Waals surface area contributed by atoms with E-state index < -0.39 is 0 Å². The van der Waals surface area contributed by atoms with Crippen molar-refractivity contribution in [2.24, 2.45) is 7.05 Å². The van der Waals surface area contributed by atoms with E-state index in [0.29, 0.717) is 17.9 Å². The van der Waals surface area contributed by atoms with Crippen LogP contribution in [-0.2, 0) is 7.05 Å². The van der Waals surface area contributed by atoms with Crippen molar-refractivity contribution < 1.29 is 0 Å². The highest BCUT2D eigenvalue weighted by Gasteiger charge is 2.29. The molecule has 2 rings (SSSR count). The number of aromatic nitrogens is 2. The van der Waals surface area contributed by atoms with Crippen LogP contribution in [0.15, 0.2) is 17.2 Å². The molecule has 1 fully saturated rings. The molecule has 1 aliphatic heterocycles. The molecule has 2 unspecified atom stereocenters. The number of hydrogen-bond donors (Lipinski definition) is 1. The molecule has 1 aromatic heterocycles. The molecule has 0 bridgehead atoms. The first-order chi connectivity index (χ1) is 8.65. The van der Waals surface area contributed by atoms with Crippen LogP contribution in [0.25, 0.3) is 0 Å². The maximum absolute atomic E-state index is 12.2. The van der Waals surface area contributed by atoms with Gasteiger partial charge in [0.05, 0.1) is 0 Å². The molecule has 100 valence electrons. The number of rotatable bonds is 3. The molecule has 0 aliphatic carbocycles. The number of likely N-dealkylation sites (N-methyl/N-ethyl adjacent to an activating group) is 1. The van der Waals surface area contributed by atoms with Gasteiger partial charge in [-0.2, -0.15) is 0 Å². The SMILES string of the molecule is CNC(C)C1CCCCN1c1nccn(C)c1=O. The topological polar surface area (TPSA) is 50.2 Å². The zero-order valence-corrected chi connectivity index (χ0v) is 11.4. The fourth-order valence-electron chi connectivity index (χ4n) is 2.61. The molecule has 18 heavy (non-hydrogen) atoms. The summed E-state index contributed by atoms with van der Waals surface area (Å²) >= 11 is 0. The van der Waals surface area contributed by atoms with E-state index in [1.54, 1.807) is 24.0 Å². The maximum atomic E-state index is 12.2. The molecule has 0 spiro atoms. The van der Waals surface area contributed by atoms with E-state index >= 15 is 0 Å². The summed E-state index contributed by atoms with van der Waals surface area (Å²) in [5, 5.41) is 3.29. The molecule has 5 heteroatoms. The van der Waals surface area contributed by atoms with Crippen molar-refractivity contribution in [1.29, 1.82) is 0 Å². The van der Waals surface area contributed by atoms with Crippen molar-refractivity contribution in [1.82, 2.24) is 14.9 Å². The molecular formula is C13H22N4O. The summed E-state index contributed by atoms with van der Waals surface area (Å²) in [4.78, 5) is 18.6. The standard InChI is InChI=1S/C13H22N4O/c1-10(14-2)11-6-4-5-8-17(11)12-13(18)16(3)9-7-15-12/h7,9-11,14H,4-6,8H2,1-3H3. The fraction of sp³-hybridized carbons (Fsp3) is 0.692. The predicted octanol–water partition coefficient (Wildman–Crippen LogP) is 0.747. The molecule has 5 nitrogen and oxygen atoms in total. The smallest absolute Gasteiger partial charge is 0.293 e. The highest BCUT2D eigenvalue weighted by Crippen LogP contribution is 2.22. The third kappa shape index (κ3) is 2.41. The number of aryl methyl sites for hydroxylation is 1. The van der Waals surface area contributed by atoms with Gasteiger partial charge in [-0.3, -0.25) is 4.79 Å². The van der Waals surface area contributed by atoms with Crippen LogP contribution in [0.4, 0.5) is 5.82 Å². The highest BCUT2D eigenvalue weighted by molar-refractivity contribution is 5.38. The van der Waals surface area contributed by atoms with E-state index in [9.17, 15) is 4.79 Å². The molecular weight excluding hydrogens is 228 g/mol. The second-order valence-electron chi connectivity index (χ2n) is 5.00. The van der Waals surface area contributed by atoms with Crippen molar-refractivity contribution in [3.05, 3.63) is 22.7 Å². The Balaban J connectivity index is 2.34. The Kier molecular flexibility index (Phi) is 4.01. The van der Waals surface area contributed by atoms with Gasteiger partial charge in [0.25, 0.3) is 5.56 Å². The Hall–Kier alpha value is -1.36. The fourth-order valence-corrected chi connectivity index (χ4v) is 2.61. The van der Waals surface area contributed by atoms with E-state index in [-0.39, 0.29) is 5.56 Å². The molecule has 1 saturated heterocycles. The number of hydrogen-bond acceptors (Lipinski definition) is 4. The number of nitrogens with one attached hydrogen (secondary N) is 1. The zero-order valence-electron chi connectivity index (χ0n) is 11.4. The Labute approximate surface area is 108 Å². The van der Waals surface area contributed by atoms with Gasteiger partial charge in [0.2, 0.25) is 0 Å². The van der Waals surface area contributed by atoms with Crippen molar-refractivity contribution >= 4 is 5.82 Å². The molecule has 2 heterocycles. The number of piperidine rings is 1. The average molecular weight is 250 g/mol. The molecule has 0 radical (unpaired) electrons. The molecule has 1 aromatic rings. The molecule has 2 atom stereocenters. The molecule has 0 aromatic carbocycles. The predicted molar refractivity (Wildman–Crippen MR) is 73.0 cm³/mol. The van der Waals surface area contributed by atoms with E-state index in [2.05, 4.69) is 22.1 Å². The van der Waals surface area contributed by atoms with Crippen LogP contribution in [-0.4, -0.2) is 35.2 Å². The minimum absolute atomic E-state index is 0.00676. The first kappa shape index (κ1) is 13.1. The third-order valence-electron chi connectivity index (χ3n) is 3.85. The van der Waals surface area contributed by atoms with Gasteiger partial charge < -0.3 is 14.8 Å². The Morgan fingerprint density at radius 3 is 3.00 bits per heavy atom. The largest absolute Gasteiger partial charge is 0.347 e. The van der Waals surface area contributed by atoms with Crippen molar-refractivity contribution in [3.8, 4) is 0 Å². The molecule has 1 N–H and O–H groups in total. The van der Waals surface area contributed by atoms with Gasteiger partial charge in [-0.1, -0.05) is 0 Å². The summed E-state index contributed by atoms with van der Waals surface area (Å²) in [7, 11) is 3.74. The van der Waals surface area contributed by atoms with Gasteiger partial charge in [0.1, 0.15) is 0 Å². The van der Waals surface area contributed by atoms with Gasteiger partial charge in [-0.15, -0.1) is 0 Å². The summed E-state index contributed by atoms with van der Waals surface area (Å²) in [5.41, 5.74) is -0.00676.